The van der Waals surface area contributed by atoms with Crippen molar-refractivity contribution in [1.29, 1.82) is 0 Å². The third-order valence-electron chi connectivity index (χ3n) is 8.24. The van der Waals surface area contributed by atoms with E-state index in [2.05, 4.69) is 56.9 Å². The Labute approximate surface area is 237 Å². The molecule has 1 aliphatic rings. The number of ether oxygens (including phenoxy) is 1. The number of hydrogen-bond donors (Lipinski definition) is 3. The van der Waals surface area contributed by atoms with Gasteiger partial charge in [0.05, 0.1) is 11.0 Å². The van der Waals surface area contributed by atoms with E-state index in [0.29, 0.717) is 12.4 Å². The van der Waals surface area contributed by atoms with Crippen molar-refractivity contribution < 1.29 is 9.84 Å². The van der Waals surface area contributed by atoms with E-state index >= 15 is 0 Å². The fraction of sp³-hybridized carbons (Fsp3) is 0.438. The summed E-state index contributed by atoms with van der Waals surface area (Å²) in [7, 11) is 0. The number of para-hydroxylation sites is 1. The van der Waals surface area contributed by atoms with Gasteiger partial charge in [0.15, 0.2) is 0 Å². The predicted octanol–water partition coefficient (Wildman–Crippen LogP) is 5.64. The number of nitrogen functional groups attached to an aromatic ring is 1. The molecule has 40 heavy (non-hydrogen) atoms. The molecule has 5 rings (SSSR count). The highest BCUT2D eigenvalue weighted by atomic mass is 16.5. The van der Waals surface area contributed by atoms with Crippen molar-refractivity contribution in [2.75, 3.05) is 38.5 Å². The molecule has 1 saturated carbocycles. The van der Waals surface area contributed by atoms with Gasteiger partial charge >= 0.3 is 0 Å². The summed E-state index contributed by atoms with van der Waals surface area (Å²) < 4.78 is 8.22. The van der Waals surface area contributed by atoms with Crippen LogP contribution in [0.25, 0.3) is 22.2 Å². The van der Waals surface area contributed by atoms with Crippen LogP contribution in [0.4, 0.5) is 5.82 Å². The molecule has 0 unspecified atom stereocenters. The summed E-state index contributed by atoms with van der Waals surface area (Å²) in [5.74, 6) is 2.05. The van der Waals surface area contributed by atoms with E-state index in [1.807, 2.05) is 42.5 Å². The van der Waals surface area contributed by atoms with Gasteiger partial charge in [0.2, 0.25) is 0 Å². The minimum Gasteiger partial charge on any atom is -0.457 e. The van der Waals surface area contributed by atoms with Crippen LogP contribution in [0.3, 0.4) is 0 Å². The minimum absolute atomic E-state index is 0.245. The lowest BCUT2D eigenvalue weighted by Crippen LogP contribution is -2.44. The average Bonchev–Trinajstić information content (AvgIpc) is 3.37. The fourth-order valence-corrected chi connectivity index (χ4v) is 5.82. The van der Waals surface area contributed by atoms with Gasteiger partial charge in [0.25, 0.3) is 0 Å². The molecule has 1 fully saturated rings. The zero-order valence-corrected chi connectivity index (χ0v) is 23.7. The van der Waals surface area contributed by atoms with Crippen molar-refractivity contribution >= 4 is 16.9 Å². The summed E-state index contributed by atoms with van der Waals surface area (Å²) >= 11 is 0. The number of hydrogen-bond acceptors (Lipinski definition) is 7. The van der Waals surface area contributed by atoms with E-state index in [4.69, 9.17) is 10.5 Å². The molecule has 4 N–H and O–H groups in total. The molecule has 8 nitrogen and oxygen atoms in total. The standard InChI is InChI=1S/C32H42N6O2/c1-3-37(4-2)20-8-19-34-22-32(39)17-15-25(16-18-32)38-21-28(29-30(33)35-23-36-31(29)38)24-11-13-27(14-12-24)40-26-9-6-5-7-10-26/h5-7,9-14,21,23,25,34,39H,3-4,8,15-20,22H2,1-2H3,(H2,33,35,36). The molecule has 0 aliphatic heterocycles. The fourth-order valence-electron chi connectivity index (χ4n) is 5.82. The first-order valence-corrected chi connectivity index (χ1v) is 14.6. The largest absolute Gasteiger partial charge is 0.457 e. The minimum atomic E-state index is -0.667. The summed E-state index contributed by atoms with van der Waals surface area (Å²) in [6.07, 6.45) is 8.06. The van der Waals surface area contributed by atoms with Crippen molar-refractivity contribution in [3.05, 3.63) is 67.1 Å². The summed E-state index contributed by atoms with van der Waals surface area (Å²) in [4.78, 5) is 11.4. The normalized spacial score (nSPS) is 19.4. The molecule has 1 aliphatic carbocycles. The Morgan fingerprint density at radius 1 is 1.02 bits per heavy atom. The molecule has 2 aromatic heterocycles. The maximum Gasteiger partial charge on any atom is 0.146 e. The van der Waals surface area contributed by atoms with Crippen LogP contribution in [-0.4, -0.2) is 62.9 Å². The van der Waals surface area contributed by atoms with Crippen LogP contribution in [0, 0.1) is 0 Å². The first-order chi connectivity index (χ1) is 19.5. The number of nitrogens with one attached hydrogen (secondary N) is 1. The molecule has 8 heteroatoms. The molecule has 212 valence electrons. The van der Waals surface area contributed by atoms with Crippen LogP contribution < -0.4 is 15.8 Å². The molecular weight excluding hydrogens is 500 g/mol. The molecule has 0 bridgehead atoms. The highest BCUT2D eigenvalue weighted by molar-refractivity contribution is 6.00. The van der Waals surface area contributed by atoms with Crippen molar-refractivity contribution in [2.24, 2.45) is 0 Å². The van der Waals surface area contributed by atoms with Crippen LogP contribution >= 0.6 is 0 Å². The second kappa shape index (κ2) is 12.8. The van der Waals surface area contributed by atoms with Gasteiger partial charge in [-0.3, -0.25) is 0 Å². The number of aliphatic hydroxyl groups is 1. The number of aromatic nitrogens is 3. The number of nitrogens with two attached hydrogens (primary N) is 1. The second-order valence-corrected chi connectivity index (χ2v) is 10.9. The van der Waals surface area contributed by atoms with Gasteiger partial charge in [0.1, 0.15) is 29.3 Å². The zero-order chi connectivity index (χ0) is 28.0. The van der Waals surface area contributed by atoms with Crippen molar-refractivity contribution in [3.8, 4) is 22.6 Å². The molecular formula is C32H42N6O2. The Kier molecular flexibility index (Phi) is 8.99. The lowest BCUT2D eigenvalue weighted by Gasteiger charge is -2.37. The Morgan fingerprint density at radius 3 is 2.42 bits per heavy atom. The highest BCUT2D eigenvalue weighted by Gasteiger charge is 2.34. The first-order valence-electron chi connectivity index (χ1n) is 14.6. The van der Waals surface area contributed by atoms with E-state index in [-0.39, 0.29) is 6.04 Å². The summed E-state index contributed by atoms with van der Waals surface area (Å²) in [5, 5.41) is 15.6. The SMILES string of the molecule is CCN(CC)CCCNCC1(O)CCC(n2cc(-c3ccc(Oc4ccccc4)cc3)c3c(N)ncnc32)CC1. The Morgan fingerprint density at radius 2 is 1.73 bits per heavy atom. The van der Waals surface area contributed by atoms with Crippen LogP contribution in [0.15, 0.2) is 67.1 Å². The Bertz CT molecular complexity index is 1360. The van der Waals surface area contributed by atoms with Crippen molar-refractivity contribution in [3.63, 3.8) is 0 Å². The van der Waals surface area contributed by atoms with E-state index in [1.54, 1.807) is 0 Å². The Hall–Kier alpha value is -3.46. The Balaban J connectivity index is 1.26. The van der Waals surface area contributed by atoms with Crippen LogP contribution in [0.2, 0.25) is 0 Å². The average molecular weight is 543 g/mol. The lowest BCUT2D eigenvalue weighted by molar-refractivity contribution is -0.00599. The topological polar surface area (TPSA) is 101 Å². The van der Waals surface area contributed by atoms with Gasteiger partial charge in [-0.2, -0.15) is 0 Å². The number of benzene rings is 2. The van der Waals surface area contributed by atoms with E-state index in [1.165, 1.54) is 6.33 Å². The molecule has 0 amide bonds. The molecule has 2 heterocycles. The van der Waals surface area contributed by atoms with Crippen molar-refractivity contribution in [2.45, 2.75) is 57.6 Å². The van der Waals surface area contributed by atoms with Crippen molar-refractivity contribution in [1.82, 2.24) is 24.8 Å². The third kappa shape index (κ3) is 6.46. The number of anilines is 1. The van der Waals surface area contributed by atoms with Crippen LogP contribution in [-0.2, 0) is 0 Å². The van der Waals surface area contributed by atoms with Gasteiger partial charge in [-0.05, 0) is 88.1 Å². The predicted molar refractivity (Wildman–Crippen MR) is 162 cm³/mol. The van der Waals surface area contributed by atoms with Crippen LogP contribution in [0.5, 0.6) is 11.5 Å². The van der Waals surface area contributed by atoms with Gasteiger partial charge in [-0.1, -0.05) is 44.2 Å². The molecule has 0 atom stereocenters. The third-order valence-corrected chi connectivity index (χ3v) is 8.24. The van der Waals surface area contributed by atoms with Gasteiger partial charge in [0, 0.05) is 24.3 Å². The maximum atomic E-state index is 11.3. The van der Waals surface area contributed by atoms with E-state index in [0.717, 1.165) is 91.9 Å². The van der Waals surface area contributed by atoms with E-state index in [9.17, 15) is 5.11 Å². The molecule has 0 radical (unpaired) electrons. The van der Waals surface area contributed by atoms with Gasteiger partial charge < -0.3 is 30.4 Å². The summed E-state index contributed by atoms with van der Waals surface area (Å²) in [5.41, 5.74) is 8.61. The molecule has 2 aromatic carbocycles. The number of nitrogens with zero attached hydrogens (tertiary/aromatic N) is 4. The van der Waals surface area contributed by atoms with E-state index < -0.39 is 5.60 Å². The lowest BCUT2D eigenvalue weighted by atomic mass is 9.82. The molecule has 0 spiro atoms. The highest BCUT2D eigenvalue weighted by Crippen LogP contribution is 2.40. The number of fused-ring (bicyclic) bond motifs is 1. The monoisotopic (exact) mass is 542 g/mol. The van der Waals surface area contributed by atoms with Gasteiger partial charge in [-0.25, -0.2) is 9.97 Å². The summed E-state index contributed by atoms with van der Waals surface area (Å²) in [6.45, 7) is 9.24. The second-order valence-electron chi connectivity index (χ2n) is 10.9. The molecule has 0 saturated heterocycles. The smallest absolute Gasteiger partial charge is 0.146 e. The van der Waals surface area contributed by atoms with Gasteiger partial charge in [-0.15, -0.1) is 0 Å². The molecule has 4 aromatic rings. The summed E-state index contributed by atoms with van der Waals surface area (Å²) in [6, 6.07) is 18.1. The quantitative estimate of drug-likeness (QED) is 0.199. The zero-order valence-electron chi connectivity index (χ0n) is 23.7. The first kappa shape index (κ1) is 28.1. The maximum absolute atomic E-state index is 11.3. The number of rotatable bonds is 12. The van der Waals surface area contributed by atoms with Crippen LogP contribution in [0.1, 0.15) is 52.0 Å².